The van der Waals surface area contributed by atoms with Gasteiger partial charge >= 0.3 is 0 Å². The molecule has 1 saturated heterocycles. The maximum atomic E-state index is 8.52. The van der Waals surface area contributed by atoms with Crippen LogP contribution in [-0.2, 0) is 0 Å². The second kappa shape index (κ2) is 4.59. The van der Waals surface area contributed by atoms with E-state index >= 15 is 0 Å². The highest BCUT2D eigenvalue weighted by Gasteiger charge is 2.25. The molecule has 3 nitrogen and oxygen atoms in total. The molecule has 1 fully saturated rings. The van der Waals surface area contributed by atoms with Crippen LogP contribution in [0.5, 0.6) is 0 Å². The molecule has 0 spiro atoms. The van der Waals surface area contributed by atoms with Crippen LogP contribution >= 0.6 is 0 Å². The Balaban J connectivity index is 2.21. The normalized spacial score (nSPS) is 31.5. The minimum Gasteiger partial charge on any atom is -0.316 e. The Morgan fingerprint density at radius 3 is 2.46 bits per heavy atom. The lowest BCUT2D eigenvalue weighted by atomic mass is 10.0. The molecule has 0 amide bonds. The van der Waals surface area contributed by atoms with Gasteiger partial charge in [0.15, 0.2) is 0 Å². The zero-order valence-electron chi connectivity index (χ0n) is 8.53. The van der Waals surface area contributed by atoms with Crippen LogP contribution in [0.2, 0.25) is 0 Å². The van der Waals surface area contributed by atoms with Gasteiger partial charge in [-0.15, -0.1) is 0 Å². The number of nitrogens with two attached hydrogens (primary N) is 1. The highest BCUT2D eigenvalue weighted by atomic mass is 15.1. The standard InChI is InChI=1S/C10H19N3/c1-8-6-13(7-9(8)2)4-3-10(12)5-11/h8-10H,3-4,6-7,12H2,1-2H3. The van der Waals surface area contributed by atoms with Gasteiger partial charge < -0.3 is 10.6 Å². The monoisotopic (exact) mass is 181 g/mol. The summed E-state index contributed by atoms with van der Waals surface area (Å²) >= 11 is 0. The molecule has 0 saturated carbocycles. The summed E-state index contributed by atoms with van der Waals surface area (Å²) in [5, 5.41) is 8.52. The summed E-state index contributed by atoms with van der Waals surface area (Å²) in [5.41, 5.74) is 5.53. The van der Waals surface area contributed by atoms with Gasteiger partial charge in [-0.05, 0) is 18.3 Å². The van der Waals surface area contributed by atoms with E-state index < -0.39 is 0 Å². The SMILES string of the molecule is CC1CN(CCC(N)C#N)CC1C. The van der Waals surface area contributed by atoms with Crippen molar-refractivity contribution in [3.05, 3.63) is 0 Å². The molecule has 0 radical (unpaired) electrons. The predicted octanol–water partition coefficient (Wildman–Crippen LogP) is 0.815. The first-order valence-electron chi connectivity index (χ1n) is 5.01. The van der Waals surface area contributed by atoms with Crippen LogP contribution < -0.4 is 5.73 Å². The van der Waals surface area contributed by atoms with Crippen LogP contribution in [0.25, 0.3) is 0 Å². The molecule has 13 heavy (non-hydrogen) atoms. The first-order valence-corrected chi connectivity index (χ1v) is 5.01. The van der Waals surface area contributed by atoms with Gasteiger partial charge in [0.25, 0.3) is 0 Å². The Labute approximate surface area is 80.5 Å². The van der Waals surface area contributed by atoms with E-state index in [1.165, 1.54) is 13.1 Å². The number of nitrogens with zero attached hydrogens (tertiary/aromatic N) is 2. The summed E-state index contributed by atoms with van der Waals surface area (Å²) in [5.74, 6) is 1.58. The fraction of sp³-hybridized carbons (Fsp3) is 0.900. The summed E-state index contributed by atoms with van der Waals surface area (Å²) in [6.45, 7) is 7.88. The second-order valence-corrected chi connectivity index (χ2v) is 4.24. The first-order chi connectivity index (χ1) is 6.13. The lowest BCUT2D eigenvalue weighted by molar-refractivity contribution is 0.315. The van der Waals surface area contributed by atoms with E-state index in [1.54, 1.807) is 0 Å². The topological polar surface area (TPSA) is 53.0 Å². The van der Waals surface area contributed by atoms with Gasteiger partial charge in [-0.1, -0.05) is 13.8 Å². The van der Waals surface area contributed by atoms with Gasteiger partial charge in [-0.25, -0.2) is 0 Å². The average Bonchev–Trinajstić information content (AvgIpc) is 2.42. The molecule has 0 aliphatic carbocycles. The summed E-state index contributed by atoms with van der Waals surface area (Å²) in [4.78, 5) is 2.41. The maximum absolute atomic E-state index is 8.52. The van der Waals surface area contributed by atoms with Crippen LogP contribution in [0.3, 0.4) is 0 Å². The van der Waals surface area contributed by atoms with Crippen molar-refractivity contribution in [2.75, 3.05) is 19.6 Å². The smallest absolute Gasteiger partial charge is 0.0940 e. The highest BCUT2D eigenvalue weighted by molar-refractivity contribution is 4.88. The molecular formula is C10H19N3. The quantitative estimate of drug-likeness (QED) is 0.701. The van der Waals surface area contributed by atoms with Crippen molar-refractivity contribution in [2.45, 2.75) is 26.3 Å². The fourth-order valence-electron chi connectivity index (χ4n) is 1.82. The molecule has 0 aromatic heterocycles. The van der Waals surface area contributed by atoms with Gasteiger partial charge in [0.2, 0.25) is 0 Å². The van der Waals surface area contributed by atoms with E-state index in [0.717, 1.165) is 24.8 Å². The van der Waals surface area contributed by atoms with Crippen molar-refractivity contribution in [3.63, 3.8) is 0 Å². The lowest BCUT2D eigenvalue weighted by Gasteiger charge is -2.15. The number of hydrogen-bond acceptors (Lipinski definition) is 3. The molecule has 0 aromatic carbocycles. The van der Waals surface area contributed by atoms with Crippen molar-refractivity contribution in [2.24, 2.45) is 17.6 Å². The minimum atomic E-state index is -0.286. The van der Waals surface area contributed by atoms with Gasteiger partial charge in [0, 0.05) is 19.6 Å². The number of nitriles is 1. The maximum Gasteiger partial charge on any atom is 0.0940 e. The van der Waals surface area contributed by atoms with Gasteiger partial charge in [0.05, 0.1) is 12.1 Å². The van der Waals surface area contributed by atoms with E-state index in [1.807, 2.05) is 0 Å². The van der Waals surface area contributed by atoms with Gasteiger partial charge in [-0.3, -0.25) is 0 Å². The van der Waals surface area contributed by atoms with E-state index in [4.69, 9.17) is 11.0 Å². The fourth-order valence-corrected chi connectivity index (χ4v) is 1.82. The summed E-state index contributed by atoms with van der Waals surface area (Å²) < 4.78 is 0. The van der Waals surface area contributed by atoms with E-state index in [-0.39, 0.29) is 6.04 Å². The minimum absolute atomic E-state index is 0.286. The third-order valence-electron chi connectivity index (χ3n) is 2.99. The van der Waals surface area contributed by atoms with Crippen LogP contribution in [0.15, 0.2) is 0 Å². The molecule has 1 heterocycles. The molecule has 1 aliphatic heterocycles. The molecule has 74 valence electrons. The molecule has 1 aliphatic rings. The molecule has 3 unspecified atom stereocenters. The average molecular weight is 181 g/mol. The van der Waals surface area contributed by atoms with Crippen LogP contribution in [0, 0.1) is 23.2 Å². The van der Waals surface area contributed by atoms with Gasteiger partial charge in [-0.2, -0.15) is 5.26 Å². The van der Waals surface area contributed by atoms with Crippen molar-refractivity contribution in [3.8, 4) is 6.07 Å². The van der Waals surface area contributed by atoms with E-state index in [2.05, 4.69) is 24.8 Å². The third-order valence-corrected chi connectivity index (χ3v) is 2.99. The van der Waals surface area contributed by atoms with Crippen LogP contribution in [0.1, 0.15) is 20.3 Å². The Hall–Kier alpha value is -0.590. The molecule has 0 aromatic rings. The highest BCUT2D eigenvalue weighted by Crippen LogP contribution is 2.21. The molecule has 2 N–H and O–H groups in total. The van der Waals surface area contributed by atoms with E-state index in [0.29, 0.717) is 0 Å². The van der Waals surface area contributed by atoms with Crippen LogP contribution in [0.4, 0.5) is 0 Å². The largest absolute Gasteiger partial charge is 0.316 e. The summed E-state index contributed by atoms with van der Waals surface area (Å²) in [6, 6.07) is 1.78. The molecular weight excluding hydrogens is 162 g/mol. The van der Waals surface area contributed by atoms with Crippen molar-refractivity contribution >= 4 is 0 Å². The zero-order chi connectivity index (χ0) is 9.84. The molecule has 3 atom stereocenters. The number of rotatable bonds is 3. The Bertz CT molecular complexity index is 187. The Kier molecular flexibility index (Phi) is 3.71. The van der Waals surface area contributed by atoms with Gasteiger partial charge in [0.1, 0.15) is 0 Å². The Morgan fingerprint density at radius 2 is 2.00 bits per heavy atom. The number of likely N-dealkylation sites (tertiary alicyclic amines) is 1. The molecule has 0 bridgehead atoms. The third kappa shape index (κ3) is 2.98. The summed E-state index contributed by atoms with van der Waals surface area (Å²) in [6.07, 6.45) is 0.802. The number of hydrogen-bond donors (Lipinski definition) is 1. The van der Waals surface area contributed by atoms with Crippen molar-refractivity contribution in [1.82, 2.24) is 4.90 Å². The Morgan fingerprint density at radius 1 is 1.46 bits per heavy atom. The molecule has 1 rings (SSSR count). The first kappa shape index (κ1) is 10.5. The summed E-state index contributed by atoms with van der Waals surface area (Å²) in [7, 11) is 0. The van der Waals surface area contributed by atoms with Crippen LogP contribution in [-0.4, -0.2) is 30.6 Å². The van der Waals surface area contributed by atoms with E-state index in [9.17, 15) is 0 Å². The predicted molar refractivity (Wildman–Crippen MR) is 53.0 cm³/mol. The second-order valence-electron chi connectivity index (χ2n) is 4.24. The zero-order valence-corrected chi connectivity index (χ0v) is 8.53. The molecule has 3 heteroatoms. The lowest BCUT2D eigenvalue weighted by Crippen LogP contribution is -2.28. The van der Waals surface area contributed by atoms with Crippen molar-refractivity contribution in [1.29, 1.82) is 5.26 Å². The van der Waals surface area contributed by atoms with Crippen molar-refractivity contribution < 1.29 is 0 Å².